The Bertz CT molecular complexity index is 1640. The molecular weight excluding hydrogens is 599 g/mol. The summed E-state index contributed by atoms with van der Waals surface area (Å²) in [7, 11) is -1.68. The van der Waals surface area contributed by atoms with Crippen LogP contribution < -0.4 is 17.0 Å². The Morgan fingerprint density at radius 3 is 2.68 bits per heavy atom. The zero-order chi connectivity index (χ0) is 28.2. The van der Waals surface area contributed by atoms with E-state index >= 15 is 0 Å². The van der Waals surface area contributed by atoms with Gasteiger partial charge in [-0.05, 0) is 0 Å². The standard InChI is InChI=1S/C21H25N10O7PS2/c22-15-13-16(25-5-24-15)30(6-26-13)11-1-8-3-33-21(40)37-12-2-9(38-39(41)34-4-10(8)35-11)19(36-12)31-7-27-14-17(31)28-20(23)29-18(14)32/h5-12,19,21,40-41H,1-4H2,(H2,22,24,25)(H3,23,28,29,32)/t8-,9-,10+,11+,12?,19+,21?,39?/m0/s1. The zero-order valence-corrected chi connectivity index (χ0v) is 23.8. The number of ether oxygens (including phenoxy) is 4. The second-order valence-electron chi connectivity index (χ2n) is 9.63. The van der Waals surface area contributed by atoms with Crippen molar-refractivity contribution in [2.45, 2.75) is 49.4 Å². The molecule has 7 rings (SSSR count). The lowest BCUT2D eigenvalue weighted by atomic mass is 10.0. The third kappa shape index (κ3) is 5.15. The van der Waals surface area contributed by atoms with Crippen molar-refractivity contribution in [3.05, 3.63) is 29.3 Å². The van der Waals surface area contributed by atoms with Crippen LogP contribution in [0.3, 0.4) is 0 Å². The van der Waals surface area contributed by atoms with E-state index in [1.165, 1.54) is 12.7 Å². The van der Waals surface area contributed by atoms with Crippen LogP contribution in [-0.4, -0.2) is 76.4 Å². The van der Waals surface area contributed by atoms with Crippen LogP contribution in [0.15, 0.2) is 23.8 Å². The Balaban J connectivity index is 1.11. The van der Waals surface area contributed by atoms with E-state index in [0.29, 0.717) is 29.8 Å². The molecule has 3 unspecified atom stereocenters. The minimum atomic E-state index is -1.68. The quantitative estimate of drug-likeness (QED) is 0.156. The van der Waals surface area contributed by atoms with Gasteiger partial charge in [-0.3, -0.25) is 18.9 Å². The lowest BCUT2D eigenvalue weighted by Gasteiger charge is -2.25. The van der Waals surface area contributed by atoms with Crippen molar-refractivity contribution in [3.63, 3.8) is 0 Å². The van der Waals surface area contributed by atoms with Gasteiger partial charge in [-0.1, -0.05) is 12.2 Å². The van der Waals surface area contributed by atoms with Gasteiger partial charge in [0.1, 0.15) is 24.2 Å². The van der Waals surface area contributed by atoms with Crippen LogP contribution in [0.4, 0.5) is 11.8 Å². The molecule has 3 aliphatic heterocycles. The largest absolute Gasteiger partial charge is 0.382 e. The van der Waals surface area contributed by atoms with Crippen molar-refractivity contribution in [1.82, 2.24) is 39.0 Å². The summed E-state index contributed by atoms with van der Waals surface area (Å²) in [6.45, 7) is 0.455. The highest BCUT2D eigenvalue weighted by atomic mass is 32.7. The number of hydrogen-bond donors (Lipinski definition) is 5. The van der Waals surface area contributed by atoms with Crippen molar-refractivity contribution in [3.8, 4) is 0 Å². The van der Waals surface area contributed by atoms with Crippen LogP contribution in [0.5, 0.6) is 0 Å². The van der Waals surface area contributed by atoms with E-state index in [1.807, 2.05) is 4.57 Å². The maximum absolute atomic E-state index is 12.3. The van der Waals surface area contributed by atoms with E-state index in [9.17, 15) is 4.79 Å². The number of nitrogens with two attached hydrogens (primary N) is 2. The first-order valence-corrected chi connectivity index (χ1v) is 15.4. The molecule has 8 atom stereocenters. The molecule has 0 saturated carbocycles. The molecule has 0 spiro atoms. The number of nitrogen functional groups attached to an aromatic ring is 2. The first-order valence-electron chi connectivity index (χ1n) is 12.5. The Hall–Kier alpha value is -2.61. The second kappa shape index (κ2) is 10.9. The highest BCUT2D eigenvalue weighted by molar-refractivity contribution is 8.41. The van der Waals surface area contributed by atoms with Crippen molar-refractivity contribution in [2.24, 2.45) is 5.92 Å². The number of nitrogens with one attached hydrogen (secondary N) is 1. The lowest BCUT2D eigenvalue weighted by molar-refractivity contribution is -0.216. The highest BCUT2D eigenvalue weighted by Gasteiger charge is 2.43. The van der Waals surface area contributed by atoms with Gasteiger partial charge in [0.05, 0.1) is 32.0 Å². The molecule has 0 amide bonds. The number of aromatic nitrogens is 8. The average Bonchev–Trinajstić information content (AvgIpc) is 3.71. The van der Waals surface area contributed by atoms with Gasteiger partial charge in [-0.15, -0.1) is 12.6 Å². The smallest absolute Gasteiger partial charge is 0.280 e. The molecule has 3 aliphatic rings. The Labute approximate surface area is 242 Å². The molecule has 17 nitrogen and oxygen atoms in total. The third-order valence-electron chi connectivity index (χ3n) is 7.11. The molecule has 20 heteroatoms. The molecule has 4 aromatic heterocycles. The van der Waals surface area contributed by atoms with E-state index in [4.69, 9.17) is 39.5 Å². The molecule has 0 aromatic carbocycles. The Kier molecular flexibility index (Phi) is 7.24. The summed E-state index contributed by atoms with van der Waals surface area (Å²) >= 11 is 9.05. The molecule has 0 aliphatic carbocycles. The zero-order valence-electron chi connectivity index (χ0n) is 21.1. The van der Waals surface area contributed by atoms with Crippen LogP contribution in [0.1, 0.15) is 25.3 Å². The molecule has 41 heavy (non-hydrogen) atoms. The Morgan fingerprint density at radius 1 is 0.976 bits per heavy atom. The number of fused-ring (bicyclic) bond motifs is 5. The van der Waals surface area contributed by atoms with Gasteiger partial charge in [0, 0.05) is 18.8 Å². The van der Waals surface area contributed by atoms with Crippen molar-refractivity contribution < 1.29 is 28.0 Å². The number of nitrogens with zero attached hydrogens (tertiary/aromatic N) is 7. The number of hydrogen-bond acceptors (Lipinski definition) is 16. The highest BCUT2D eigenvalue weighted by Crippen LogP contribution is 2.50. The predicted molar refractivity (Wildman–Crippen MR) is 149 cm³/mol. The maximum atomic E-state index is 12.3. The van der Waals surface area contributed by atoms with Gasteiger partial charge in [-0.25, -0.2) is 19.9 Å². The van der Waals surface area contributed by atoms with Gasteiger partial charge in [-0.2, -0.15) is 4.98 Å². The number of H-pyrrole nitrogens is 1. The molecule has 5 N–H and O–H groups in total. The maximum Gasteiger partial charge on any atom is 0.280 e. The first kappa shape index (κ1) is 27.2. The van der Waals surface area contributed by atoms with Gasteiger partial charge in [0.25, 0.3) is 5.56 Å². The van der Waals surface area contributed by atoms with E-state index in [2.05, 4.69) is 54.8 Å². The molecule has 3 saturated heterocycles. The number of anilines is 2. The summed E-state index contributed by atoms with van der Waals surface area (Å²) in [6.07, 6.45) is 2.46. The van der Waals surface area contributed by atoms with E-state index < -0.39 is 43.6 Å². The SMILES string of the molecule is Nc1nc2c(ncn2[C@@H]2OC3C[C@@H]2OP(S)OC[C@H]2O[C@@H](n4cnc5c(N)ncnc54)C[C@H]2COC(S)O3)c(=O)[nH]1. The molecule has 2 bridgehead atoms. The van der Waals surface area contributed by atoms with Crippen LogP contribution in [0.25, 0.3) is 22.3 Å². The normalized spacial score (nSPS) is 32.9. The van der Waals surface area contributed by atoms with Gasteiger partial charge < -0.3 is 39.5 Å². The number of aromatic amines is 1. The summed E-state index contributed by atoms with van der Waals surface area (Å²) in [4.78, 5) is 35.8. The van der Waals surface area contributed by atoms with Crippen LogP contribution in [0, 0.1) is 5.92 Å². The van der Waals surface area contributed by atoms with Gasteiger partial charge >= 0.3 is 0 Å². The van der Waals surface area contributed by atoms with Crippen LogP contribution in [0.2, 0.25) is 0 Å². The fourth-order valence-corrected chi connectivity index (χ4v) is 6.75. The van der Waals surface area contributed by atoms with E-state index in [0.717, 1.165) is 0 Å². The topological polar surface area (TPSA) is 215 Å². The monoisotopic (exact) mass is 624 g/mol. The van der Waals surface area contributed by atoms with Crippen molar-refractivity contribution in [2.75, 3.05) is 24.7 Å². The number of thiol groups is 2. The number of rotatable bonds is 2. The predicted octanol–water partition coefficient (Wildman–Crippen LogP) is 1.09. The summed E-state index contributed by atoms with van der Waals surface area (Å²) in [5.74, 6) is 0.159. The average molecular weight is 625 g/mol. The summed E-state index contributed by atoms with van der Waals surface area (Å²) in [5.41, 5.74) is 11.8. The molecule has 3 fully saturated rings. The fraction of sp³-hybridized carbons (Fsp3) is 0.524. The summed E-state index contributed by atoms with van der Waals surface area (Å²) in [6, 6.07) is 0. The second-order valence-corrected chi connectivity index (χ2v) is 12.0. The minimum absolute atomic E-state index is 0.0534. The van der Waals surface area contributed by atoms with Gasteiger partial charge in [0.2, 0.25) is 19.1 Å². The van der Waals surface area contributed by atoms with Crippen molar-refractivity contribution in [1.29, 1.82) is 0 Å². The van der Waals surface area contributed by atoms with E-state index in [1.54, 1.807) is 10.9 Å². The fourth-order valence-electron chi connectivity index (χ4n) is 5.21. The molecule has 0 radical (unpaired) electrons. The first-order chi connectivity index (χ1) is 19.8. The Morgan fingerprint density at radius 2 is 1.80 bits per heavy atom. The van der Waals surface area contributed by atoms with Crippen molar-refractivity contribution >= 4 is 66.5 Å². The molecule has 4 aromatic rings. The van der Waals surface area contributed by atoms with E-state index in [-0.39, 0.29) is 42.3 Å². The van der Waals surface area contributed by atoms with Crippen LogP contribution in [-0.2, 0) is 28.0 Å². The summed E-state index contributed by atoms with van der Waals surface area (Å²) in [5, 5.41) is 0. The molecular formula is C21H25N10O7PS2. The third-order valence-corrected chi connectivity index (χ3v) is 8.84. The van der Waals surface area contributed by atoms with Crippen LogP contribution >= 0.6 is 32.5 Å². The summed E-state index contributed by atoms with van der Waals surface area (Å²) < 4.78 is 40.0. The minimum Gasteiger partial charge on any atom is -0.382 e. The van der Waals surface area contributed by atoms with Gasteiger partial charge in [0.15, 0.2) is 35.1 Å². The lowest BCUT2D eigenvalue weighted by Crippen LogP contribution is -2.28. The molecule has 218 valence electrons. The number of imidazole rings is 2. The molecule has 7 heterocycles.